The summed E-state index contributed by atoms with van der Waals surface area (Å²) in [5.41, 5.74) is 4.51. The Kier molecular flexibility index (Phi) is 5.47. The Morgan fingerprint density at radius 2 is 1.71 bits per heavy atom. The van der Waals surface area contributed by atoms with Crippen molar-refractivity contribution < 1.29 is 29.4 Å². The van der Waals surface area contributed by atoms with Gasteiger partial charge in [0, 0.05) is 11.1 Å². The van der Waals surface area contributed by atoms with Crippen LogP contribution in [0.1, 0.15) is 15.9 Å². The fraction of sp³-hybridized carbons (Fsp3) is 0.0526. The zero-order chi connectivity index (χ0) is 20.1. The van der Waals surface area contributed by atoms with Gasteiger partial charge in [-0.3, -0.25) is 19.9 Å². The second-order valence-electron chi connectivity index (χ2n) is 5.76. The fourth-order valence-corrected chi connectivity index (χ4v) is 2.74. The number of hydroxylamine groups is 1. The van der Waals surface area contributed by atoms with Gasteiger partial charge in [-0.1, -0.05) is 12.1 Å². The van der Waals surface area contributed by atoms with Crippen LogP contribution in [0.4, 0.5) is 0 Å². The number of hydrogen-bond donors (Lipinski definition) is 4. The third-order valence-electron chi connectivity index (χ3n) is 4.06. The molecule has 9 nitrogen and oxygen atoms in total. The summed E-state index contributed by atoms with van der Waals surface area (Å²) in [6, 6.07) is 12.6. The lowest BCUT2D eigenvalue weighted by Gasteiger charge is -2.07. The van der Waals surface area contributed by atoms with Crippen LogP contribution in [-0.4, -0.2) is 38.9 Å². The predicted molar refractivity (Wildman–Crippen MR) is 96.7 cm³/mol. The number of nitrogens with one attached hydrogen (secondary N) is 2. The van der Waals surface area contributed by atoms with Crippen molar-refractivity contribution in [3.63, 3.8) is 0 Å². The van der Waals surface area contributed by atoms with Crippen LogP contribution in [0.2, 0.25) is 0 Å². The molecule has 4 N–H and O–H groups in total. The zero-order valence-electron chi connectivity index (χ0n) is 14.4. The quantitative estimate of drug-likeness (QED) is 0.279. The van der Waals surface area contributed by atoms with E-state index in [4.69, 9.17) is 15.1 Å². The van der Waals surface area contributed by atoms with Crippen LogP contribution in [-0.2, 0) is 16.0 Å². The Morgan fingerprint density at radius 3 is 2.29 bits per heavy atom. The van der Waals surface area contributed by atoms with Crippen LogP contribution >= 0.6 is 0 Å². The summed E-state index contributed by atoms with van der Waals surface area (Å²) in [6.07, 6.45) is -0.162. The molecule has 0 radical (unpaired) electrons. The molecule has 3 rings (SSSR count). The lowest BCUT2D eigenvalue weighted by atomic mass is 9.98. The van der Waals surface area contributed by atoms with Crippen molar-refractivity contribution >= 4 is 18.3 Å². The monoisotopic (exact) mass is 381 g/mol. The number of hydrogen-bond acceptors (Lipinski definition) is 6. The molecule has 142 valence electrons. The summed E-state index contributed by atoms with van der Waals surface area (Å²) in [7, 11) is 0. The number of carbonyl (C=O) groups is 3. The number of aromatic amines is 1. The summed E-state index contributed by atoms with van der Waals surface area (Å²) in [5.74, 6) is -1.32. The topological polar surface area (TPSA) is 142 Å². The first kappa shape index (κ1) is 18.8. The van der Waals surface area contributed by atoms with Gasteiger partial charge in [-0.2, -0.15) is 5.10 Å². The third kappa shape index (κ3) is 3.89. The molecule has 28 heavy (non-hydrogen) atoms. The van der Waals surface area contributed by atoms with E-state index < -0.39 is 11.9 Å². The number of H-pyrrole nitrogens is 1. The van der Waals surface area contributed by atoms with Crippen molar-refractivity contribution in [2.24, 2.45) is 0 Å². The highest BCUT2D eigenvalue weighted by Crippen LogP contribution is 2.31. The Balaban J connectivity index is 2.04. The number of nitrogens with zero attached hydrogens (tertiary/aromatic N) is 1. The Morgan fingerprint density at radius 1 is 1.07 bits per heavy atom. The van der Waals surface area contributed by atoms with Crippen LogP contribution < -0.4 is 10.2 Å². The molecule has 2 aromatic carbocycles. The molecule has 1 aromatic heterocycles. The van der Waals surface area contributed by atoms with Gasteiger partial charge in [-0.25, -0.2) is 10.3 Å². The van der Waals surface area contributed by atoms with E-state index in [1.807, 2.05) is 0 Å². The minimum atomic E-state index is -1.05. The molecule has 0 spiro atoms. The minimum absolute atomic E-state index is 0.129. The van der Waals surface area contributed by atoms with Crippen molar-refractivity contribution in [2.75, 3.05) is 0 Å². The van der Waals surface area contributed by atoms with Crippen LogP contribution in [0.15, 0.2) is 48.5 Å². The van der Waals surface area contributed by atoms with Gasteiger partial charge in [-0.15, -0.1) is 0 Å². The van der Waals surface area contributed by atoms with E-state index in [1.54, 1.807) is 41.9 Å². The van der Waals surface area contributed by atoms with Crippen molar-refractivity contribution in [1.82, 2.24) is 15.7 Å². The molecule has 0 saturated carbocycles. The third-order valence-corrected chi connectivity index (χ3v) is 4.06. The molecular formula is C19H15N3O6. The van der Waals surface area contributed by atoms with E-state index in [2.05, 4.69) is 10.2 Å². The van der Waals surface area contributed by atoms with E-state index in [0.717, 1.165) is 0 Å². The van der Waals surface area contributed by atoms with Gasteiger partial charge in [0.05, 0.1) is 23.4 Å². The average Bonchev–Trinajstić information content (AvgIpc) is 3.12. The Hall–Kier alpha value is -3.98. The van der Waals surface area contributed by atoms with Crippen molar-refractivity contribution in [1.29, 1.82) is 0 Å². The van der Waals surface area contributed by atoms with Crippen LogP contribution in [0.3, 0.4) is 0 Å². The number of carboxylic acids is 1. The molecular weight excluding hydrogens is 366 g/mol. The zero-order valence-corrected chi connectivity index (χ0v) is 14.4. The van der Waals surface area contributed by atoms with Crippen LogP contribution in [0.5, 0.6) is 5.75 Å². The van der Waals surface area contributed by atoms with Crippen LogP contribution in [0.25, 0.3) is 22.5 Å². The molecule has 0 bridgehead atoms. The molecule has 9 heteroatoms. The van der Waals surface area contributed by atoms with Gasteiger partial charge >= 0.3 is 5.97 Å². The van der Waals surface area contributed by atoms with E-state index >= 15 is 0 Å². The molecule has 0 atom stereocenters. The first-order chi connectivity index (χ1) is 13.5. The average molecular weight is 381 g/mol. The molecule has 0 aliphatic rings. The van der Waals surface area contributed by atoms with Gasteiger partial charge in [0.1, 0.15) is 5.75 Å². The summed E-state index contributed by atoms with van der Waals surface area (Å²) in [5, 5.41) is 25.1. The van der Waals surface area contributed by atoms with Crippen molar-refractivity contribution in [2.45, 2.75) is 6.42 Å². The number of ether oxygens (including phenoxy) is 1. The first-order valence-electron chi connectivity index (χ1n) is 8.08. The molecule has 0 saturated heterocycles. The molecule has 0 fully saturated rings. The molecule has 0 aliphatic heterocycles. The second kappa shape index (κ2) is 8.14. The smallest absolute Gasteiger partial charge is 0.335 e. The summed E-state index contributed by atoms with van der Waals surface area (Å²) in [4.78, 5) is 33.2. The minimum Gasteiger partial charge on any atom is -0.478 e. The van der Waals surface area contributed by atoms with E-state index in [-0.39, 0.29) is 12.0 Å². The molecule has 3 aromatic rings. The van der Waals surface area contributed by atoms with E-state index in [0.29, 0.717) is 40.3 Å². The van der Waals surface area contributed by atoms with Crippen molar-refractivity contribution in [3.8, 4) is 28.3 Å². The van der Waals surface area contributed by atoms with Gasteiger partial charge in [-0.05, 0) is 42.0 Å². The number of carboxylic acid groups (broad SMARTS) is 1. The number of benzene rings is 2. The summed E-state index contributed by atoms with van der Waals surface area (Å²) < 4.78 is 4.76. The lowest BCUT2D eigenvalue weighted by molar-refractivity contribution is -0.128. The Bertz CT molecular complexity index is 1010. The number of carbonyl (C=O) groups excluding carboxylic acids is 2. The van der Waals surface area contributed by atoms with Crippen LogP contribution in [0, 0.1) is 0 Å². The van der Waals surface area contributed by atoms with E-state index in [1.165, 1.54) is 12.1 Å². The highest BCUT2D eigenvalue weighted by atomic mass is 16.5. The van der Waals surface area contributed by atoms with Gasteiger partial charge in [0.15, 0.2) is 0 Å². The number of rotatable bonds is 7. The van der Waals surface area contributed by atoms with Gasteiger partial charge in [0.25, 0.3) is 6.47 Å². The largest absolute Gasteiger partial charge is 0.478 e. The number of aromatic carboxylic acids is 1. The molecule has 0 unspecified atom stereocenters. The highest BCUT2D eigenvalue weighted by molar-refractivity contribution is 5.89. The Labute approximate surface area is 158 Å². The van der Waals surface area contributed by atoms with Gasteiger partial charge < -0.3 is 9.84 Å². The normalized spacial score (nSPS) is 10.3. The fourth-order valence-electron chi connectivity index (χ4n) is 2.74. The molecule has 1 amide bonds. The summed E-state index contributed by atoms with van der Waals surface area (Å²) in [6.45, 7) is 0.319. The van der Waals surface area contributed by atoms with Crippen molar-refractivity contribution in [3.05, 3.63) is 59.7 Å². The standard InChI is InChI=1S/C19H15N3O6/c23-10-28-14-7-5-12(6-8-14)18-15(9-16(24)22-27)17(20-21-18)11-1-3-13(4-2-11)19(25)26/h1-8,10,27H,9H2,(H,20,21)(H,22,24)(H,25,26). The number of amides is 1. The number of aromatic nitrogens is 2. The molecule has 0 aliphatic carbocycles. The maximum atomic E-state index is 11.8. The highest BCUT2D eigenvalue weighted by Gasteiger charge is 2.19. The van der Waals surface area contributed by atoms with E-state index in [9.17, 15) is 14.4 Å². The maximum absolute atomic E-state index is 11.8. The lowest BCUT2D eigenvalue weighted by Crippen LogP contribution is -2.21. The summed E-state index contributed by atoms with van der Waals surface area (Å²) >= 11 is 0. The second-order valence-corrected chi connectivity index (χ2v) is 5.76. The SMILES string of the molecule is O=COc1ccc(-c2n[nH]c(-c3ccc(C(=O)O)cc3)c2CC(=O)NO)cc1. The first-order valence-corrected chi connectivity index (χ1v) is 8.08. The van der Waals surface area contributed by atoms with Gasteiger partial charge in [0.2, 0.25) is 5.91 Å². The molecule has 1 heterocycles. The maximum Gasteiger partial charge on any atom is 0.335 e. The predicted octanol–water partition coefficient (Wildman–Crippen LogP) is 2.02.